The Labute approximate surface area is 216 Å². The predicted octanol–water partition coefficient (Wildman–Crippen LogP) is 4.95. The average molecular weight is 560 g/mol. The van der Waals surface area contributed by atoms with Crippen molar-refractivity contribution in [1.82, 2.24) is 9.80 Å². The molecule has 0 fully saturated rings. The molecule has 3 aromatic rings. The maximum absolute atomic E-state index is 13.5. The zero-order valence-electron chi connectivity index (χ0n) is 19.2. The van der Waals surface area contributed by atoms with Crippen LogP contribution >= 0.6 is 27.3 Å². The predicted molar refractivity (Wildman–Crippen MR) is 138 cm³/mol. The first-order valence-electron chi connectivity index (χ1n) is 11.0. The number of fused-ring (bicyclic) bond motifs is 1. The van der Waals surface area contributed by atoms with Crippen LogP contribution in [0.2, 0.25) is 0 Å². The number of rotatable bonds is 10. The largest absolute Gasteiger partial charge is 0.454 e. The van der Waals surface area contributed by atoms with Gasteiger partial charge in [-0.3, -0.25) is 4.79 Å². The van der Waals surface area contributed by atoms with Gasteiger partial charge in [0, 0.05) is 35.2 Å². The first-order chi connectivity index (χ1) is 17.0. The zero-order valence-corrected chi connectivity index (χ0v) is 21.6. The van der Waals surface area contributed by atoms with Crippen molar-refractivity contribution in [3.05, 3.63) is 74.9 Å². The summed E-state index contributed by atoms with van der Waals surface area (Å²) < 4.78 is 16.9. The highest BCUT2D eigenvalue weighted by atomic mass is 79.9. The summed E-state index contributed by atoms with van der Waals surface area (Å²) in [5.41, 5.74) is 1.55. The van der Waals surface area contributed by atoms with Crippen LogP contribution in [0.1, 0.15) is 10.4 Å². The minimum absolute atomic E-state index is 0.0842. The molecule has 0 atom stereocenters. The van der Waals surface area contributed by atoms with Crippen LogP contribution in [0.15, 0.2) is 64.5 Å². The molecule has 1 aliphatic rings. The molecule has 0 saturated carbocycles. The Bertz CT molecular complexity index is 1160. The fraction of sp³-hybridized carbons (Fsp3) is 0.280. The molecule has 0 saturated heterocycles. The van der Waals surface area contributed by atoms with E-state index >= 15 is 0 Å². The van der Waals surface area contributed by atoms with Crippen molar-refractivity contribution < 1.29 is 23.8 Å². The summed E-state index contributed by atoms with van der Waals surface area (Å²) in [6.07, 6.45) is 0. The Kier molecular flexibility index (Phi) is 8.62. The molecule has 184 valence electrons. The van der Waals surface area contributed by atoms with Crippen LogP contribution in [0.4, 0.5) is 10.5 Å². The van der Waals surface area contributed by atoms with Crippen molar-refractivity contribution in [1.29, 1.82) is 0 Å². The topological polar surface area (TPSA) is 80.3 Å². The van der Waals surface area contributed by atoms with Crippen molar-refractivity contribution >= 4 is 44.9 Å². The molecule has 0 bridgehead atoms. The SMILES string of the molecule is COCCN(CC(=O)N(Cc1ccc2c(c1)OCO2)Cc1cccs1)C(=O)Nc1cccc(Br)c1. The second kappa shape index (κ2) is 12.1. The van der Waals surface area contributed by atoms with Crippen molar-refractivity contribution in [2.45, 2.75) is 13.1 Å². The van der Waals surface area contributed by atoms with Gasteiger partial charge in [0.25, 0.3) is 0 Å². The molecule has 0 aliphatic carbocycles. The lowest BCUT2D eigenvalue weighted by Crippen LogP contribution is -2.45. The van der Waals surface area contributed by atoms with Crippen molar-refractivity contribution in [2.24, 2.45) is 0 Å². The van der Waals surface area contributed by atoms with Crippen LogP contribution in [0.5, 0.6) is 11.5 Å². The van der Waals surface area contributed by atoms with Crippen LogP contribution < -0.4 is 14.8 Å². The summed E-state index contributed by atoms with van der Waals surface area (Å²) in [7, 11) is 1.56. The number of ether oxygens (including phenoxy) is 3. The molecule has 1 aromatic heterocycles. The molecule has 1 aliphatic heterocycles. The van der Waals surface area contributed by atoms with E-state index in [-0.39, 0.29) is 31.8 Å². The zero-order chi connectivity index (χ0) is 24.6. The molecule has 35 heavy (non-hydrogen) atoms. The van der Waals surface area contributed by atoms with Gasteiger partial charge in [-0.1, -0.05) is 34.1 Å². The maximum atomic E-state index is 13.5. The number of hydrogen-bond donors (Lipinski definition) is 1. The number of hydrogen-bond acceptors (Lipinski definition) is 6. The van der Waals surface area contributed by atoms with Crippen LogP contribution in [0.3, 0.4) is 0 Å². The number of nitrogens with one attached hydrogen (secondary N) is 1. The summed E-state index contributed by atoms with van der Waals surface area (Å²) in [5.74, 6) is 1.19. The highest BCUT2D eigenvalue weighted by Gasteiger charge is 2.23. The molecule has 10 heteroatoms. The van der Waals surface area contributed by atoms with Crippen molar-refractivity contribution in [3.8, 4) is 11.5 Å². The van der Waals surface area contributed by atoms with E-state index in [0.29, 0.717) is 36.9 Å². The molecular formula is C25H26BrN3O5S. The standard InChI is InChI=1S/C25H26BrN3O5S/c1-32-10-9-28(25(31)27-20-5-2-4-19(26)13-20)16-24(30)29(15-21-6-3-11-35-21)14-18-7-8-22-23(12-18)34-17-33-22/h2-8,11-13H,9-10,14-17H2,1H3,(H,27,31). The third-order valence-electron chi connectivity index (χ3n) is 5.34. The Balaban J connectivity index is 1.49. The monoisotopic (exact) mass is 559 g/mol. The second-order valence-electron chi connectivity index (χ2n) is 7.87. The highest BCUT2D eigenvalue weighted by Crippen LogP contribution is 2.33. The molecule has 3 amide bonds. The van der Waals surface area contributed by atoms with Crippen LogP contribution in [-0.2, 0) is 22.6 Å². The number of carbonyl (C=O) groups excluding carboxylic acids is 2. The van der Waals surface area contributed by atoms with Crippen molar-refractivity contribution in [2.75, 3.05) is 38.9 Å². The third kappa shape index (κ3) is 6.97. The molecule has 8 nitrogen and oxygen atoms in total. The van der Waals surface area contributed by atoms with Gasteiger partial charge in [-0.25, -0.2) is 4.79 Å². The molecular weight excluding hydrogens is 534 g/mol. The van der Waals surface area contributed by atoms with E-state index in [9.17, 15) is 9.59 Å². The second-order valence-corrected chi connectivity index (χ2v) is 9.82. The lowest BCUT2D eigenvalue weighted by atomic mass is 10.2. The number of urea groups is 1. The Morgan fingerprint density at radius 3 is 2.69 bits per heavy atom. The molecule has 0 spiro atoms. The lowest BCUT2D eigenvalue weighted by Gasteiger charge is -2.28. The van der Waals surface area contributed by atoms with E-state index in [4.69, 9.17) is 14.2 Å². The Morgan fingerprint density at radius 1 is 1.06 bits per heavy atom. The van der Waals surface area contributed by atoms with E-state index in [1.54, 1.807) is 35.5 Å². The molecule has 2 heterocycles. The average Bonchev–Trinajstić information content (AvgIpc) is 3.53. The minimum atomic E-state index is -0.368. The number of amides is 3. The number of thiophene rings is 1. The molecule has 0 unspecified atom stereocenters. The Morgan fingerprint density at radius 2 is 1.91 bits per heavy atom. The smallest absolute Gasteiger partial charge is 0.322 e. The summed E-state index contributed by atoms with van der Waals surface area (Å²) in [6.45, 7) is 1.51. The lowest BCUT2D eigenvalue weighted by molar-refractivity contribution is -0.133. The first-order valence-corrected chi connectivity index (χ1v) is 12.7. The van der Waals surface area contributed by atoms with Crippen molar-refractivity contribution in [3.63, 3.8) is 0 Å². The minimum Gasteiger partial charge on any atom is -0.454 e. The highest BCUT2D eigenvalue weighted by molar-refractivity contribution is 9.10. The number of methoxy groups -OCH3 is 1. The van der Waals surface area contributed by atoms with Gasteiger partial charge < -0.3 is 29.3 Å². The Hall–Kier alpha value is -3.08. The van der Waals surface area contributed by atoms with Gasteiger partial charge in [0.2, 0.25) is 12.7 Å². The van der Waals surface area contributed by atoms with E-state index in [0.717, 1.165) is 14.9 Å². The number of benzene rings is 2. The molecule has 1 N–H and O–H groups in total. The molecule has 4 rings (SSSR count). The number of carbonyl (C=O) groups is 2. The van der Waals surface area contributed by atoms with E-state index in [1.807, 2.05) is 47.8 Å². The number of nitrogens with zero attached hydrogens (tertiary/aromatic N) is 2. The number of anilines is 1. The molecule has 2 aromatic carbocycles. The van der Waals surface area contributed by atoms with E-state index < -0.39 is 0 Å². The number of halogens is 1. The third-order valence-corrected chi connectivity index (χ3v) is 6.70. The van der Waals surface area contributed by atoms with Gasteiger partial charge in [0.1, 0.15) is 6.54 Å². The quantitative estimate of drug-likeness (QED) is 0.380. The normalized spacial score (nSPS) is 11.8. The summed E-state index contributed by atoms with van der Waals surface area (Å²) in [4.78, 5) is 30.8. The van der Waals surface area contributed by atoms with Gasteiger partial charge in [-0.15, -0.1) is 11.3 Å². The summed E-state index contributed by atoms with van der Waals surface area (Å²) in [5, 5.41) is 4.84. The molecule has 0 radical (unpaired) electrons. The fourth-order valence-corrected chi connectivity index (χ4v) is 4.69. The van der Waals surface area contributed by atoms with Gasteiger partial charge in [-0.2, -0.15) is 0 Å². The van der Waals surface area contributed by atoms with Gasteiger partial charge >= 0.3 is 6.03 Å². The summed E-state index contributed by atoms with van der Waals surface area (Å²) >= 11 is 4.99. The fourth-order valence-electron chi connectivity index (χ4n) is 3.57. The van der Waals surface area contributed by atoms with E-state index in [2.05, 4.69) is 21.2 Å². The van der Waals surface area contributed by atoms with Crippen LogP contribution in [0, 0.1) is 0 Å². The van der Waals surface area contributed by atoms with E-state index in [1.165, 1.54) is 4.90 Å². The van der Waals surface area contributed by atoms with Gasteiger partial charge in [-0.05, 0) is 47.3 Å². The maximum Gasteiger partial charge on any atom is 0.322 e. The first kappa shape index (κ1) is 25.0. The van der Waals surface area contributed by atoms with Gasteiger partial charge in [0.15, 0.2) is 11.5 Å². The summed E-state index contributed by atoms with van der Waals surface area (Å²) in [6, 6.07) is 16.5. The van der Waals surface area contributed by atoms with Gasteiger partial charge in [0.05, 0.1) is 13.2 Å². The van der Waals surface area contributed by atoms with Crippen LogP contribution in [0.25, 0.3) is 0 Å². The van der Waals surface area contributed by atoms with Crippen LogP contribution in [-0.4, -0.2) is 55.3 Å².